The van der Waals surface area contributed by atoms with Gasteiger partial charge in [0, 0.05) is 11.0 Å². The molecule has 0 aliphatic carbocycles. The molecular formula is C18H26N2O. The highest BCUT2D eigenvalue weighted by Crippen LogP contribution is 2.34. The van der Waals surface area contributed by atoms with E-state index in [1.807, 2.05) is 31.2 Å². The molecule has 1 N–H and O–H groups in total. The van der Waals surface area contributed by atoms with Gasteiger partial charge in [-0.3, -0.25) is 0 Å². The number of benzene rings is 1. The molecule has 0 fully saturated rings. The first-order chi connectivity index (χ1) is 9.86. The minimum Gasteiger partial charge on any atom is -0.493 e. The second-order valence-corrected chi connectivity index (χ2v) is 6.70. The van der Waals surface area contributed by atoms with Crippen molar-refractivity contribution in [3.8, 4) is 11.6 Å². The monoisotopic (exact) mass is 286 g/mol. The molecule has 3 heteroatoms. The highest BCUT2D eigenvalue weighted by molar-refractivity contribution is 5.46. The molecule has 114 valence electrons. The topological polar surface area (TPSA) is 38.0 Å². The van der Waals surface area contributed by atoms with Gasteiger partial charge in [-0.1, -0.05) is 52.3 Å². The summed E-state index contributed by atoms with van der Waals surface area (Å²) >= 11 is 0. The van der Waals surface area contributed by atoms with Gasteiger partial charge in [0.1, 0.15) is 0 Å². The van der Waals surface area contributed by atoms with E-state index in [1.54, 1.807) is 4.68 Å². The summed E-state index contributed by atoms with van der Waals surface area (Å²) in [5, 5.41) is 15.4. The Morgan fingerprint density at radius 2 is 1.86 bits per heavy atom. The molecule has 0 aliphatic heterocycles. The number of unbranched alkanes of at least 4 members (excludes halogenated alkanes) is 1. The van der Waals surface area contributed by atoms with Gasteiger partial charge in [-0.05, 0) is 31.4 Å². The Morgan fingerprint density at radius 3 is 2.43 bits per heavy atom. The van der Waals surface area contributed by atoms with Crippen LogP contribution in [0.4, 0.5) is 0 Å². The lowest BCUT2D eigenvalue weighted by atomic mass is 9.88. The van der Waals surface area contributed by atoms with Gasteiger partial charge >= 0.3 is 0 Å². The summed E-state index contributed by atoms with van der Waals surface area (Å²) in [5.74, 6) is 0.294. The van der Waals surface area contributed by atoms with Crippen molar-refractivity contribution in [2.24, 2.45) is 0 Å². The fraction of sp³-hybridized carbons (Fsp3) is 0.500. The average molecular weight is 286 g/mol. The van der Waals surface area contributed by atoms with Gasteiger partial charge in [-0.25, -0.2) is 4.68 Å². The molecule has 2 aromatic rings. The zero-order valence-electron chi connectivity index (χ0n) is 13.8. The summed E-state index contributed by atoms with van der Waals surface area (Å²) in [6.45, 7) is 10.6. The van der Waals surface area contributed by atoms with Gasteiger partial charge in [0.25, 0.3) is 0 Å². The van der Waals surface area contributed by atoms with E-state index >= 15 is 0 Å². The van der Waals surface area contributed by atoms with Crippen LogP contribution in [0.3, 0.4) is 0 Å². The summed E-state index contributed by atoms with van der Waals surface area (Å²) in [7, 11) is 0. The lowest BCUT2D eigenvalue weighted by molar-refractivity contribution is 0.427. The highest BCUT2D eigenvalue weighted by Gasteiger charge is 2.27. The predicted octanol–water partition coefficient (Wildman–Crippen LogP) is 4.53. The number of rotatable bonds is 4. The van der Waals surface area contributed by atoms with Crippen LogP contribution in [0, 0.1) is 6.92 Å². The molecule has 21 heavy (non-hydrogen) atoms. The van der Waals surface area contributed by atoms with Crippen molar-refractivity contribution in [1.82, 2.24) is 9.78 Å². The van der Waals surface area contributed by atoms with Crippen LogP contribution in [0.5, 0.6) is 5.88 Å². The van der Waals surface area contributed by atoms with Gasteiger partial charge < -0.3 is 5.11 Å². The van der Waals surface area contributed by atoms with E-state index in [1.165, 1.54) is 0 Å². The first-order valence-electron chi connectivity index (χ1n) is 7.73. The SMILES string of the molecule is CCCCc1c(C(C)(C)C)nn(-c2ccccc2C)c1O. The summed E-state index contributed by atoms with van der Waals surface area (Å²) in [5.41, 5.74) is 3.97. The minimum absolute atomic E-state index is 0.0749. The van der Waals surface area contributed by atoms with Crippen LogP contribution in [-0.4, -0.2) is 14.9 Å². The summed E-state index contributed by atoms with van der Waals surface area (Å²) in [6, 6.07) is 8.02. The van der Waals surface area contributed by atoms with Crippen molar-refractivity contribution in [3.63, 3.8) is 0 Å². The molecule has 0 radical (unpaired) electrons. The number of aryl methyl sites for hydroxylation is 1. The quantitative estimate of drug-likeness (QED) is 0.897. The second kappa shape index (κ2) is 5.92. The molecule has 0 atom stereocenters. The summed E-state index contributed by atoms with van der Waals surface area (Å²) in [6.07, 6.45) is 3.05. The maximum Gasteiger partial charge on any atom is 0.217 e. The fourth-order valence-corrected chi connectivity index (χ4v) is 2.60. The third-order valence-electron chi connectivity index (χ3n) is 3.79. The molecule has 0 spiro atoms. The van der Waals surface area contributed by atoms with Crippen LogP contribution in [-0.2, 0) is 11.8 Å². The Bertz CT molecular complexity index is 621. The Kier molecular flexibility index (Phi) is 4.40. The average Bonchev–Trinajstić information content (AvgIpc) is 2.74. The number of hydrogen-bond acceptors (Lipinski definition) is 2. The molecule has 0 unspecified atom stereocenters. The molecule has 0 bridgehead atoms. The van der Waals surface area contributed by atoms with E-state index in [-0.39, 0.29) is 5.41 Å². The lowest BCUT2D eigenvalue weighted by Gasteiger charge is -2.17. The van der Waals surface area contributed by atoms with Crippen LogP contribution in [0.25, 0.3) is 5.69 Å². The zero-order valence-corrected chi connectivity index (χ0v) is 13.8. The van der Waals surface area contributed by atoms with E-state index in [9.17, 15) is 5.11 Å². The van der Waals surface area contributed by atoms with Crippen LogP contribution in [0.1, 0.15) is 57.4 Å². The maximum absolute atomic E-state index is 10.7. The van der Waals surface area contributed by atoms with Crippen LogP contribution >= 0.6 is 0 Å². The number of aromatic nitrogens is 2. The molecule has 0 saturated carbocycles. The van der Waals surface area contributed by atoms with Crippen molar-refractivity contribution in [1.29, 1.82) is 0 Å². The third-order valence-corrected chi connectivity index (χ3v) is 3.79. The number of aromatic hydroxyl groups is 1. The molecule has 0 amide bonds. The van der Waals surface area contributed by atoms with Crippen LogP contribution in [0.15, 0.2) is 24.3 Å². The first kappa shape index (κ1) is 15.6. The normalized spacial score (nSPS) is 11.9. The van der Waals surface area contributed by atoms with Crippen LogP contribution in [0.2, 0.25) is 0 Å². The van der Waals surface area contributed by atoms with Crippen molar-refractivity contribution in [2.75, 3.05) is 0 Å². The molecule has 1 heterocycles. The van der Waals surface area contributed by atoms with E-state index in [0.717, 1.165) is 41.8 Å². The number of nitrogens with zero attached hydrogens (tertiary/aromatic N) is 2. The van der Waals surface area contributed by atoms with Gasteiger partial charge in [0.2, 0.25) is 5.88 Å². The van der Waals surface area contributed by atoms with Gasteiger partial charge in [-0.15, -0.1) is 0 Å². The maximum atomic E-state index is 10.7. The Labute approximate surface area is 127 Å². The Hall–Kier alpha value is -1.77. The minimum atomic E-state index is -0.0749. The van der Waals surface area contributed by atoms with E-state index in [4.69, 9.17) is 5.10 Å². The van der Waals surface area contributed by atoms with Crippen molar-refractivity contribution in [2.45, 2.75) is 59.3 Å². The number of para-hydroxylation sites is 1. The largest absolute Gasteiger partial charge is 0.493 e. The van der Waals surface area contributed by atoms with Crippen molar-refractivity contribution < 1.29 is 5.11 Å². The van der Waals surface area contributed by atoms with Crippen LogP contribution < -0.4 is 0 Å². The smallest absolute Gasteiger partial charge is 0.217 e. The lowest BCUT2D eigenvalue weighted by Crippen LogP contribution is -2.15. The summed E-state index contributed by atoms with van der Waals surface area (Å²) in [4.78, 5) is 0. The number of hydrogen-bond donors (Lipinski definition) is 1. The predicted molar refractivity (Wildman–Crippen MR) is 87.3 cm³/mol. The molecule has 3 nitrogen and oxygen atoms in total. The van der Waals surface area contributed by atoms with Gasteiger partial charge in [-0.2, -0.15) is 5.10 Å². The van der Waals surface area contributed by atoms with E-state index in [2.05, 4.69) is 27.7 Å². The van der Waals surface area contributed by atoms with Crippen molar-refractivity contribution >= 4 is 0 Å². The second-order valence-electron chi connectivity index (χ2n) is 6.70. The Morgan fingerprint density at radius 1 is 1.19 bits per heavy atom. The molecular weight excluding hydrogens is 260 g/mol. The first-order valence-corrected chi connectivity index (χ1v) is 7.73. The standard InChI is InChI=1S/C18H26N2O/c1-6-7-11-14-16(18(3,4)5)19-20(17(14)21)15-12-9-8-10-13(15)2/h8-10,12,21H,6-7,11H2,1-5H3. The van der Waals surface area contributed by atoms with Gasteiger partial charge in [0.05, 0.1) is 11.4 Å². The third kappa shape index (κ3) is 3.12. The molecule has 2 rings (SSSR count). The van der Waals surface area contributed by atoms with E-state index in [0.29, 0.717) is 5.88 Å². The Balaban J connectivity index is 2.59. The summed E-state index contributed by atoms with van der Waals surface area (Å²) < 4.78 is 1.70. The molecule has 1 aromatic carbocycles. The molecule has 0 aliphatic rings. The van der Waals surface area contributed by atoms with Gasteiger partial charge in [0.15, 0.2) is 0 Å². The highest BCUT2D eigenvalue weighted by atomic mass is 16.3. The molecule has 0 saturated heterocycles. The zero-order chi connectivity index (χ0) is 15.6. The van der Waals surface area contributed by atoms with Crippen molar-refractivity contribution in [3.05, 3.63) is 41.1 Å². The van der Waals surface area contributed by atoms with E-state index < -0.39 is 0 Å². The molecule has 1 aromatic heterocycles. The fourth-order valence-electron chi connectivity index (χ4n) is 2.60.